The highest BCUT2D eigenvalue weighted by Crippen LogP contribution is 2.29. The smallest absolute Gasteiger partial charge is 0.331 e. The molecule has 178 valence electrons. The van der Waals surface area contributed by atoms with Gasteiger partial charge < -0.3 is 19.1 Å². The Morgan fingerprint density at radius 1 is 1.19 bits per heavy atom. The van der Waals surface area contributed by atoms with Gasteiger partial charge in [-0.3, -0.25) is 4.79 Å². The maximum atomic E-state index is 12.4. The maximum absolute atomic E-state index is 12.4. The molecular formula is C23H33NO7S. The topological polar surface area (TPSA) is 99.2 Å². The number of benzene rings is 1. The molecule has 1 unspecified atom stereocenters. The zero-order valence-electron chi connectivity index (χ0n) is 19.2. The first-order valence-electron chi connectivity index (χ1n) is 10.9. The van der Waals surface area contributed by atoms with Crippen LogP contribution in [0, 0.1) is 5.92 Å². The summed E-state index contributed by atoms with van der Waals surface area (Å²) in [6, 6.07) is 5.00. The Balaban J connectivity index is 1.93. The van der Waals surface area contributed by atoms with Crippen LogP contribution < -0.4 is 9.47 Å². The van der Waals surface area contributed by atoms with Gasteiger partial charge in [0, 0.05) is 18.7 Å². The number of nitrogens with zero attached hydrogens (tertiary/aromatic N) is 1. The molecule has 1 heterocycles. The summed E-state index contributed by atoms with van der Waals surface area (Å²) in [6.07, 6.45) is 3.22. The SMILES string of the molecule is CCOc1cc(/C=C/C(=O)OCC(=O)N(CC)C2CCS(=O)(=O)C2)ccc1OCC(C)C. The molecule has 0 radical (unpaired) electrons. The summed E-state index contributed by atoms with van der Waals surface area (Å²) in [6.45, 7) is 8.74. The van der Waals surface area contributed by atoms with E-state index in [2.05, 4.69) is 13.8 Å². The Kier molecular flexibility index (Phi) is 9.56. The molecule has 1 aromatic rings. The van der Waals surface area contributed by atoms with Gasteiger partial charge in [0.15, 0.2) is 27.9 Å². The number of ether oxygens (including phenoxy) is 3. The predicted octanol–water partition coefficient (Wildman–Crippen LogP) is 2.71. The fourth-order valence-electron chi connectivity index (χ4n) is 3.36. The van der Waals surface area contributed by atoms with E-state index >= 15 is 0 Å². The van der Waals surface area contributed by atoms with Crippen molar-refractivity contribution in [3.63, 3.8) is 0 Å². The summed E-state index contributed by atoms with van der Waals surface area (Å²) in [5.41, 5.74) is 0.722. The van der Waals surface area contributed by atoms with Gasteiger partial charge in [0.25, 0.3) is 5.91 Å². The molecule has 1 saturated heterocycles. The first kappa shape index (κ1) is 25.7. The summed E-state index contributed by atoms with van der Waals surface area (Å²) in [5, 5.41) is 0. The molecule has 0 aromatic heterocycles. The van der Waals surface area contributed by atoms with Crippen LogP contribution in [0.4, 0.5) is 0 Å². The molecule has 9 heteroatoms. The van der Waals surface area contributed by atoms with Gasteiger partial charge in [-0.25, -0.2) is 13.2 Å². The van der Waals surface area contributed by atoms with Crippen molar-refractivity contribution in [2.24, 2.45) is 5.92 Å². The van der Waals surface area contributed by atoms with Gasteiger partial charge >= 0.3 is 5.97 Å². The second-order valence-corrected chi connectivity index (χ2v) is 10.3. The van der Waals surface area contributed by atoms with Crippen LogP contribution in [0.2, 0.25) is 0 Å². The van der Waals surface area contributed by atoms with E-state index in [0.29, 0.717) is 43.6 Å². The lowest BCUT2D eigenvalue weighted by molar-refractivity contribution is -0.149. The van der Waals surface area contributed by atoms with E-state index in [9.17, 15) is 18.0 Å². The fourth-order valence-corrected chi connectivity index (χ4v) is 5.09. The average Bonchev–Trinajstić information content (AvgIpc) is 3.09. The van der Waals surface area contributed by atoms with Crippen molar-refractivity contribution in [1.29, 1.82) is 0 Å². The molecule has 1 aliphatic heterocycles. The zero-order valence-corrected chi connectivity index (χ0v) is 20.0. The van der Waals surface area contributed by atoms with Crippen LogP contribution in [0.25, 0.3) is 6.08 Å². The third-order valence-corrected chi connectivity index (χ3v) is 6.65. The molecule has 1 fully saturated rings. The largest absolute Gasteiger partial charge is 0.490 e. The quantitative estimate of drug-likeness (QED) is 0.364. The van der Waals surface area contributed by atoms with E-state index in [1.807, 2.05) is 6.92 Å². The lowest BCUT2D eigenvalue weighted by Crippen LogP contribution is -2.43. The Morgan fingerprint density at radius 2 is 1.94 bits per heavy atom. The van der Waals surface area contributed by atoms with E-state index < -0.39 is 28.3 Å². The van der Waals surface area contributed by atoms with Crippen LogP contribution >= 0.6 is 0 Å². The van der Waals surface area contributed by atoms with Crippen molar-refractivity contribution in [3.8, 4) is 11.5 Å². The van der Waals surface area contributed by atoms with Crippen molar-refractivity contribution in [3.05, 3.63) is 29.8 Å². The number of rotatable bonds is 11. The minimum absolute atomic E-state index is 0.0422. The highest BCUT2D eigenvalue weighted by Gasteiger charge is 2.34. The third kappa shape index (κ3) is 7.85. The molecule has 8 nitrogen and oxygen atoms in total. The maximum Gasteiger partial charge on any atom is 0.331 e. The number of carbonyl (C=O) groups is 2. The van der Waals surface area contributed by atoms with E-state index in [1.165, 1.54) is 11.0 Å². The molecule has 0 spiro atoms. The highest BCUT2D eigenvalue weighted by molar-refractivity contribution is 7.91. The van der Waals surface area contributed by atoms with Crippen LogP contribution in [0.15, 0.2) is 24.3 Å². The molecule has 1 aromatic carbocycles. The first-order valence-corrected chi connectivity index (χ1v) is 12.7. The Morgan fingerprint density at radius 3 is 2.53 bits per heavy atom. The Labute approximate surface area is 190 Å². The number of carbonyl (C=O) groups excluding carboxylic acids is 2. The minimum Gasteiger partial charge on any atom is -0.490 e. The van der Waals surface area contributed by atoms with Crippen molar-refractivity contribution in [2.75, 3.05) is 37.9 Å². The van der Waals surface area contributed by atoms with E-state index in [-0.39, 0.29) is 17.5 Å². The molecule has 32 heavy (non-hydrogen) atoms. The van der Waals surface area contributed by atoms with Crippen LogP contribution in [0.3, 0.4) is 0 Å². The molecule has 1 atom stereocenters. The molecule has 2 rings (SSSR count). The predicted molar refractivity (Wildman–Crippen MR) is 122 cm³/mol. The molecule has 1 aliphatic rings. The molecule has 0 N–H and O–H groups in total. The van der Waals surface area contributed by atoms with Crippen molar-refractivity contribution in [2.45, 2.75) is 40.2 Å². The van der Waals surface area contributed by atoms with Gasteiger partial charge in [-0.05, 0) is 50.0 Å². The van der Waals surface area contributed by atoms with Crippen LogP contribution in [0.5, 0.6) is 11.5 Å². The van der Waals surface area contributed by atoms with Gasteiger partial charge in [-0.2, -0.15) is 0 Å². The third-order valence-electron chi connectivity index (χ3n) is 4.90. The number of likely N-dealkylation sites (N-methyl/N-ethyl adjacent to an activating group) is 1. The van der Waals surface area contributed by atoms with Crippen molar-refractivity contribution in [1.82, 2.24) is 4.90 Å². The lowest BCUT2D eigenvalue weighted by atomic mass is 10.2. The van der Waals surface area contributed by atoms with Crippen molar-refractivity contribution >= 4 is 27.8 Å². The van der Waals surface area contributed by atoms with Crippen LogP contribution in [-0.2, 0) is 24.2 Å². The molecular weight excluding hydrogens is 434 g/mol. The van der Waals surface area contributed by atoms with Crippen molar-refractivity contribution < 1.29 is 32.2 Å². The number of esters is 1. The lowest BCUT2D eigenvalue weighted by Gasteiger charge is -2.26. The summed E-state index contributed by atoms with van der Waals surface area (Å²) >= 11 is 0. The molecule has 0 bridgehead atoms. The summed E-state index contributed by atoms with van der Waals surface area (Å²) < 4.78 is 39.8. The fraction of sp³-hybridized carbons (Fsp3) is 0.565. The monoisotopic (exact) mass is 467 g/mol. The first-order chi connectivity index (χ1) is 15.1. The molecule has 0 aliphatic carbocycles. The van der Waals surface area contributed by atoms with E-state index in [4.69, 9.17) is 14.2 Å². The summed E-state index contributed by atoms with van der Waals surface area (Å²) in [5.74, 6) is 0.578. The molecule has 0 saturated carbocycles. The number of sulfone groups is 1. The van der Waals surface area contributed by atoms with Crippen LogP contribution in [-0.4, -0.2) is 69.1 Å². The van der Waals surface area contributed by atoms with Gasteiger partial charge in [-0.15, -0.1) is 0 Å². The van der Waals surface area contributed by atoms with Gasteiger partial charge in [0.2, 0.25) is 0 Å². The zero-order chi connectivity index (χ0) is 23.7. The summed E-state index contributed by atoms with van der Waals surface area (Å²) in [4.78, 5) is 26.0. The number of hydrogen-bond donors (Lipinski definition) is 0. The normalized spacial score (nSPS) is 17.5. The Hall–Kier alpha value is -2.55. The van der Waals surface area contributed by atoms with E-state index in [1.54, 1.807) is 31.2 Å². The second kappa shape index (κ2) is 11.9. The van der Waals surface area contributed by atoms with Gasteiger partial charge in [0.1, 0.15) is 0 Å². The van der Waals surface area contributed by atoms with Gasteiger partial charge in [-0.1, -0.05) is 19.9 Å². The van der Waals surface area contributed by atoms with E-state index in [0.717, 1.165) is 5.56 Å². The number of hydrogen-bond acceptors (Lipinski definition) is 7. The molecule has 1 amide bonds. The Bertz CT molecular complexity index is 924. The number of amides is 1. The second-order valence-electron chi connectivity index (χ2n) is 8.02. The highest BCUT2D eigenvalue weighted by atomic mass is 32.2. The van der Waals surface area contributed by atoms with Gasteiger partial charge in [0.05, 0.1) is 24.7 Å². The van der Waals surface area contributed by atoms with Crippen LogP contribution in [0.1, 0.15) is 39.7 Å². The minimum atomic E-state index is -3.11. The average molecular weight is 468 g/mol. The summed E-state index contributed by atoms with van der Waals surface area (Å²) in [7, 11) is -3.11. The standard InChI is InChI=1S/C23H33NO7S/c1-5-24(19-11-12-32(27,28)16-19)22(25)15-31-23(26)10-8-18-7-9-20(30-14-17(3)4)21(13-18)29-6-2/h7-10,13,17,19H,5-6,11-12,14-16H2,1-4H3/b10-8+.